The molecule has 0 atom stereocenters. The number of fused-ring (bicyclic) bond motifs is 3. The van der Waals surface area contributed by atoms with Gasteiger partial charge in [-0.25, -0.2) is 9.59 Å². The first-order chi connectivity index (χ1) is 13.2. The molecule has 5 rings (SSSR count). The average molecular weight is 348 g/mol. The van der Waals surface area contributed by atoms with Gasteiger partial charge in [-0.05, 0) is 50.9 Å². The van der Waals surface area contributed by atoms with Crippen molar-refractivity contribution in [3.05, 3.63) is 83.4 Å². The first-order valence-electron chi connectivity index (χ1n) is 8.49. The van der Waals surface area contributed by atoms with Crippen LogP contribution < -0.4 is 0 Å². The van der Waals surface area contributed by atoms with E-state index in [1.165, 1.54) is 0 Å². The molecule has 1 aliphatic rings. The minimum Gasteiger partial charge on any atom is -0.386 e. The first kappa shape index (κ1) is 15.4. The van der Waals surface area contributed by atoms with E-state index in [-0.39, 0.29) is 11.1 Å². The smallest absolute Gasteiger partial charge is 0.348 e. The zero-order chi connectivity index (χ0) is 18.5. The molecule has 0 unspecified atom stereocenters. The number of terminal acetylenes is 1. The number of ether oxygens (including phenoxy) is 1. The summed E-state index contributed by atoms with van der Waals surface area (Å²) in [6.07, 6.45) is 5.73. The number of carbonyl (C=O) groups is 2. The number of hydrogen-bond donors (Lipinski definition) is 0. The maximum Gasteiger partial charge on any atom is 0.348 e. The van der Waals surface area contributed by atoms with Gasteiger partial charge in [0.05, 0.1) is 11.1 Å². The molecule has 126 valence electrons. The molecule has 0 radical (unpaired) electrons. The van der Waals surface area contributed by atoms with Crippen LogP contribution in [0.5, 0.6) is 0 Å². The Kier molecular flexibility index (Phi) is 3.16. The first-order valence-corrected chi connectivity index (χ1v) is 8.49. The lowest BCUT2D eigenvalue weighted by Gasteiger charge is -2.12. The molecule has 3 nitrogen and oxygen atoms in total. The molecule has 0 N–H and O–H groups in total. The molecule has 0 saturated heterocycles. The van der Waals surface area contributed by atoms with Crippen molar-refractivity contribution in [2.45, 2.75) is 0 Å². The van der Waals surface area contributed by atoms with Crippen LogP contribution in [0.2, 0.25) is 0 Å². The summed E-state index contributed by atoms with van der Waals surface area (Å²) in [6, 6.07) is 21.8. The van der Waals surface area contributed by atoms with Gasteiger partial charge in [-0.3, -0.25) is 0 Å². The van der Waals surface area contributed by atoms with Crippen LogP contribution in [-0.4, -0.2) is 11.9 Å². The van der Waals surface area contributed by atoms with Crippen molar-refractivity contribution in [1.82, 2.24) is 0 Å². The second-order valence-corrected chi connectivity index (χ2v) is 6.46. The molecular weight excluding hydrogens is 336 g/mol. The van der Waals surface area contributed by atoms with Crippen molar-refractivity contribution >= 4 is 33.5 Å². The van der Waals surface area contributed by atoms with Crippen molar-refractivity contribution in [1.29, 1.82) is 0 Å². The zero-order valence-corrected chi connectivity index (χ0v) is 14.2. The lowest BCUT2D eigenvalue weighted by Crippen LogP contribution is -2.00. The third kappa shape index (κ3) is 2.17. The molecule has 0 fully saturated rings. The SMILES string of the molecule is C#Cc1c(-c2cccc3cc4ccccc4cc23)ccc2c1C(=O)OC2=O. The molecule has 0 aromatic heterocycles. The van der Waals surface area contributed by atoms with Gasteiger partial charge in [0.2, 0.25) is 0 Å². The zero-order valence-electron chi connectivity index (χ0n) is 14.2. The Labute approximate surface area is 155 Å². The topological polar surface area (TPSA) is 43.4 Å². The minimum absolute atomic E-state index is 0.179. The fourth-order valence-corrected chi connectivity index (χ4v) is 3.75. The van der Waals surface area contributed by atoms with E-state index >= 15 is 0 Å². The highest BCUT2D eigenvalue weighted by Gasteiger charge is 2.33. The summed E-state index contributed by atoms with van der Waals surface area (Å²) < 4.78 is 4.74. The highest BCUT2D eigenvalue weighted by Crippen LogP contribution is 2.37. The molecule has 0 bridgehead atoms. The number of rotatable bonds is 1. The van der Waals surface area contributed by atoms with Crippen molar-refractivity contribution in [2.24, 2.45) is 0 Å². The molecule has 0 aliphatic carbocycles. The molecule has 0 saturated carbocycles. The fourth-order valence-electron chi connectivity index (χ4n) is 3.75. The van der Waals surface area contributed by atoms with E-state index in [0.29, 0.717) is 5.56 Å². The molecule has 1 heterocycles. The largest absolute Gasteiger partial charge is 0.386 e. The van der Waals surface area contributed by atoms with Gasteiger partial charge in [-0.1, -0.05) is 54.5 Å². The minimum atomic E-state index is -0.685. The maximum absolute atomic E-state index is 12.1. The quantitative estimate of drug-likeness (QED) is 0.211. The van der Waals surface area contributed by atoms with Gasteiger partial charge in [-0.15, -0.1) is 6.42 Å². The number of benzene rings is 4. The van der Waals surface area contributed by atoms with Crippen LogP contribution in [0.15, 0.2) is 66.7 Å². The van der Waals surface area contributed by atoms with E-state index in [9.17, 15) is 9.59 Å². The molecule has 27 heavy (non-hydrogen) atoms. The molecule has 1 aliphatic heterocycles. The Hall–Kier alpha value is -3.90. The van der Waals surface area contributed by atoms with Crippen LogP contribution in [0, 0.1) is 12.3 Å². The molecule has 3 heteroatoms. The summed E-state index contributed by atoms with van der Waals surface area (Å²) in [6.45, 7) is 0. The molecule has 4 aromatic carbocycles. The average Bonchev–Trinajstić information content (AvgIpc) is 2.99. The standard InChI is InChI=1S/C24H12O3/c1-2-17-19(10-11-20-22(17)24(26)27-23(20)25)18-9-5-8-16-12-14-6-3-4-7-15(14)13-21(16)18/h1,3-13H. The van der Waals surface area contributed by atoms with E-state index in [4.69, 9.17) is 11.2 Å². The summed E-state index contributed by atoms with van der Waals surface area (Å²) in [5.74, 6) is 1.26. The number of carbonyl (C=O) groups excluding carboxylic acids is 2. The van der Waals surface area contributed by atoms with Crippen molar-refractivity contribution < 1.29 is 14.3 Å². The van der Waals surface area contributed by atoms with Crippen LogP contribution >= 0.6 is 0 Å². The Morgan fingerprint density at radius 1 is 0.704 bits per heavy atom. The van der Waals surface area contributed by atoms with E-state index in [2.05, 4.69) is 30.2 Å². The number of esters is 2. The van der Waals surface area contributed by atoms with Crippen molar-refractivity contribution in [3.8, 4) is 23.5 Å². The Morgan fingerprint density at radius 3 is 2.19 bits per heavy atom. The summed E-state index contributed by atoms with van der Waals surface area (Å²) in [4.78, 5) is 24.0. The van der Waals surface area contributed by atoms with E-state index in [0.717, 1.165) is 32.7 Å². The maximum atomic E-state index is 12.1. The summed E-state index contributed by atoms with van der Waals surface area (Å²) in [7, 11) is 0. The summed E-state index contributed by atoms with van der Waals surface area (Å²) >= 11 is 0. The van der Waals surface area contributed by atoms with E-state index in [1.807, 2.05) is 30.3 Å². The number of cyclic esters (lactones) is 2. The predicted octanol–water partition coefficient (Wildman–Crippen LogP) is 4.95. The van der Waals surface area contributed by atoms with Gasteiger partial charge in [0.15, 0.2) is 0 Å². The van der Waals surface area contributed by atoms with Crippen LogP contribution in [0.3, 0.4) is 0 Å². The Bertz CT molecular complexity index is 1340. The normalized spacial score (nSPS) is 12.9. The van der Waals surface area contributed by atoms with Crippen LogP contribution in [-0.2, 0) is 4.74 Å². The fraction of sp³-hybridized carbons (Fsp3) is 0. The molecule has 4 aromatic rings. The Morgan fingerprint density at radius 2 is 1.41 bits per heavy atom. The molecular formula is C24H12O3. The van der Waals surface area contributed by atoms with Crippen LogP contribution in [0.25, 0.3) is 32.7 Å². The second kappa shape index (κ2) is 5.55. The van der Waals surface area contributed by atoms with E-state index in [1.54, 1.807) is 12.1 Å². The number of hydrogen-bond acceptors (Lipinski definition) is 3. The van der Waals surface area contributed by atoms with Gasteiger partial charge in [0.1, 0.15) is 0 Å². The van der Waals surface area contributed by atoms with Gasteiger partial charge in [-0.2, -0.15) is 0 Å². The third-order valence-electron chi connectivity index (χ3n) is 5.00. The third-order valence-corrected chi connectivity index (χ3v) is 5.00. The second-order valence-electron chi connectivity index (χ2n) is 6.46. The van der Waals surface area contributed by atoms with Gasteiger partial charge < -0.3 is 4.74 Å². The monoisotopic (exact) mass is 348 g/mol. The summed E-state index contributed by atoms with van der Waals surface area (Å²) in [5.41, 5.74) is 2.45. The van der Waals surface area contributed by atoms with Gasteiger partial charge in [0, 0.05) is 5.56 Å². The highest BCUT2D eigenvalue weighted by molar-refractivity contribution is 6.17. The molecule has 0 spiro atoms. The lowest BCUT2D eigenvalue weighted by atomic mass is 9.89. The Balaban J connectivity index is 1.86. The van der Waals surface area contributed by atoms with Crippen molar-refractivity contribution in [3.63, 3.8) is 0 Å². The van der Waals surface area contributed by atoms with Gasteiger partial charge in [0.25, 0.3) is 0 Å². The predicted molar refractivity (Wildman–Crippen MR) is 105 cm³/mol. The van der Waals surface area contributed by atoms with Crippen LogP contribution in [0.4, 0.5) is 0 Å². The van der Waals surface area contributed by atoms with Crippen LogP contribution in [0.1, 0.15) is 26.3 Å². The van der Waals surface area contributed by atoms with Gasteiger partial charge >= 0.3 is 11.9 Å². The molecule has 0 amide bonds. The van der Waals surface area contributed by atoms with E-state index < -0.39 is 11.9 Å². The highest BCUT2D eigenvalue weighted by atomic mass is 16.6. The van der Waals surface area contributed by atoms with Crippen molar-refractivity contribution in [2.75, 3.05) is 0 Å². The summed E-state index contributed by atoms with van der Waals surface area (Å²) in [5, 5.41) is 4.39. The lowest BCUT2D eigenvalue weighted by molar-refractivity contribution is 0.0443.